The average molecular weight is 417 g/mol. The highest BCUT2D eigenvalue weighted by atomic mass is 16.3. The van der Waals surface area contributed by atoms with Gasteiger partial charge >= 0.3 is 0 Å². The minimum atomic E-state index is -0.677. The molecule has 0 aromatic carbocycles. The molecule has 170 valence electrons. The zero-order valence-electron chi connectivity index (χ0n) is 19.6. The molecule has 0 bridgehead atoms. The molecule has 0 amide bonds. The van der Waals surface area contributed by atoms with Crippen molar-refractivity contribution in [3.8, 4) is 0 Å². The third kappa shape index (κ3) is 5.11. The summed E-state index contributed by atoms with van der Waals surface area (Å²) in [5.41, 5.74) is 3.94. The molecule has 3 N–H and O–H groups in total. The molecule has 3 rings (SSSR count). The van der Waals surface area contributed by atoms with E-state index in [2.05, 4.69) is 46.4 Å². The molecule has 0 aromatic heterocycles. The summed E-state index contributed by atoms with van der Waals surface area (Å²) in [6, 6.07) is 0. The zero-order valence-corrected chi connectivity index (χ0v) is 19.6. The van der Waals surface area contributed by atoms with Gasteiger partial charge in [-0.05, 0) is 85.2 Å². The fraction of sp³-hybridized carbons (Fsp3) is 0.778. The van der Waals surface area contributed by atoms with Gasteiger partial charge in [-0.15, -0.1) is 0 Å². The van der Waals surface area contributed by atoms with Crippen molar-refractivity contribution in [3.63, 3.8) is 0 Å². The van der Waals surface area contributed by atoms with Crippen LogP contribution in [0.3, 0.4) is 0 Å². The van der Waals surface area contributed by atoms with E-state index in [4.69, 9.17) is 0 Å². The fourth-order valence-electron chi connectivity index (χ4n) is 6.87. The Morgan fingerprint density at radius 1 is 1.07 bits per heavy atom. The lowest BCUT2D eigenvalue weighted by molar-refractivity contribution is 0.0138. The standard InChI is InChI=1S/C27H44O3/c1-17(2)13-22(28)14-19(4)23-10-11-24-20(7-6-12-27(23,24)5)8-9-21-16-26(30)25(29)15-18(21)3/h8-9,17,19,22-26,28-30H,3,6-7,10-16H2,1-2,4-5H3/b20-8?,21-9-/t19-,22?,23-,24?,25+,26-,27-/m1/s1. The third-order valence-corrected chi connectivity index (χ3v) is 8.39. The summed E-state index contributed by atoms with van der Waals surface area (Å²) < 4.78 is 0. The number of allylic oxidation sites excluding steroid dienone is 3. The molecule has 0 aliphatic heterocycles. The minimum absolute atomic E-state index is 0.176. The number of aliphatic hydroxyl groups is 3. The fourth-order valence-corrected chi connectivity index (χ4v) is 6.87. The van der Waals surface area contributed by atoms with Crippen LogP contribution in [-0.4, -0.2) is 33.6 Å². The first-order chi connectivity index (χ1) is 14.1. The van der Waals surface area contributed by atoms with Gasteiger partial charge in [0.1, 0.15) is 0 Å². The normalized spacial score (nSPS) is 39.5. The molecule has 0 saturated heterocycles. The summed E-state index contributed by atoms with van der Waals surface area (Å²) in [6.07, 6.45) is 12.0. The Bertz CT molecular complexity index is 676. The number of hydrogen-bond acceptors (Lipinski definition) is 3. The number of rotatable bonds is 6. The quantitative estimate of drug-likeness (QED) is 0.531. The first-order valence-corrected chi connectivity index (χ1v) is 12.2. The van der Waals surface area contributed by atoms with Crippen LogP contribution >= 0.6 is 0 Å². The van der Waals surface area contributed by atoms with Crippen LogP contribution in [0.25, 0.3) is 0 Å². The molecule has 3 fully saturated rings. The molecule has 3 aliphatic rings. The van der Waals surface area contributed by atoms with Crippen LogP contribution in [-0.2, 0) is 0 Å². The van der Waals surface area contributed by atoms with Crippen LogP contribution in [0.5, 0.6) is 0 Å². The number of fused-ring (bicyclic) bond motifs is 1. The van der Waals surface area contributed by atoms with Gasteiger partial charge in [-0.25, -0.2) is 0 Å². The van der Waals surface area contributed by atoms with E-state index in [1.807, 2.05) is 0 Å². The smallest absolute Gasteiger partial charge is 0.0842 e. The summed E-state index contributed by atoms with van der Waals surface area (Å²) in [5, 5.41) is 30.4. The zero-order chi connectivity index (χ0) is 22.1. The molecule has 0 radical (unpaired) electrons. The second-order valence-electron chi connectivity index (χ2n) is 11.2. The number of hydrogen-bond donors (Lipinski definition) is 3. The van der Waals surface area contributed by atoms with Crippen molar-refractivity contribution in [3.05, 3.63) is 35.5 Å². The highest BCUT2D eigenvalue weighted by molar-refractivity contribution is 5.37. The van der Waals surface area contributed by atoms with Crippen molar-refractivity contribution in [2.24, 2.45) is 29.1 Å². The molecule has 0 spiro atoms. The SMILES string of the molecule is C=C1C[C@H](O)[C@H](O)C/C1=C/C=C1CCC[C@@]2(C)C1CC[C@@H]2[C@H](C)CC(O)CC(C)C. The monoisotopic (exact) mass is 416 g/mol. The van der Waals surface area contributed by atoms with Gasteiger partial charge in [-0.1, -0.05) is 52.0 Å². The van der Waals surface area contributed by atoms with Gasteiger partial charge in [0.25, 0.3) is 0 Å². The first kappa shape index (κ1) is 23.8. The van der Waals surface area contributed by atoms with Gasteiger partial charge in [0.05, 0.1) is 18.3 Å². The van der Waals surface area contributed by atoms with Gasteiger partial charge < -0.3 is 15.3 Å². The molecule has 2 unspecified atom stereocenters. The maximum absolute atomic E-state index is 10.5. The predicted octanol–water partition coefficient (Wildman–Crippen LogP) is 5.56. The topological polar surface area (TPSA) is 60.7 Å². The Morgan fingerprint density at radius 2 is 1.77 bits per heavy atom. The van der Waals surface area contributed by atoms with E-state index in [1.165, 1.54) is 32.1 Å². The molecule has 3 nitrogen and oxygen atoms in total. The molecule has 0 aromatic rings. The number of aliphatic hydroxyl groups excluding tert-OH is 3. The van der Waals surface area contributed by atoms with E-state index >= 15 is 0 Å². The van der Waals surface area contributed by atoms with Crippen molar-refractivity contribution in [2.45, 2.75) is 104 Å². The highest BCUT2D eigenvalue weighted by Crippen LogP contribution is 2.60. The van der Waals surface area contributed by atoms with Crippen LogP contribution in [0.15, 0.2) is 35.5 Å². The van der Waals surface area contributed by atoms with Gasteiger partial charge in [-0.3, -0.25) is 0 Å². The largest absolute Gasteiger partial charge is 0.393 e. The minimum Gasteiger partial charge on any atom is -0.393 e. The molecule has 3 saturated carbocycles. The van der Waals surface area contributed by atoms with Crippen LogP contribution in [0.4, 0.5) is 0 Å². The van der Waals surface area contributed by atoms with E-state index in [1.54, 1.807) is 5.57 Å². The maximum Gasteiger partial charge on any atom is 0.0842 e. The Labute approximate surface area is 184 Å². The Morgan fingerprint density at radius 3 is 2.47 bits per heavy atom. The van der Waals surface area contributed by atoms with Gasteiger partial charge in [0.15, 0.2) is 0 Å². The molecule has 30 heavy (non-hydrogen) atoms. The summed E-state index contributed by atoms with van der Waals surface area (Å²) in [6.45, 7) is 13.4. The van der Waals surface area contributed by atoms with Gasteiger partial charge in [0.2, 0.25) is 0 Å². The molecule has 3 heteroatoms. The summed E-state index contributed by atoms with van der Waals surface area (Å²) in [5.74, 6) is 2.42. The van der Waals surface area contributed by atoms with Crippen molar-refractivity contribution < 1.29 is 15.3 Å². The lowest BCUT2D eigenvalue weighted by Crippen LogP contribution is -2.36. The van der Waals surface area contributed by atoms with E-state index in [0.29, 0.717) is 41.9 Å². The highest BCUT2D eigenvalue weighted by Gasteiger charge is 2.50. The van der Waals surface area contributed by atoms with Crippen LogP contribution < -0.4 is 0 Å². The summed E-state index contributed by atoms with van der Waals surface area (Å²) >= 11 is 0. The third-order valence-electron chi connectivity index (χ3n) is 8.39. The lowest BCUT2D eigenvalue weighted by atomic mass is 9.60. The Hall–Kier alpha value is -0.900. The van der Waals surface area contributed by atoms with Crippen molar-refractivity contribution in [2.75, 3.05) is 0 Å². The molecule has 3 aliphatic carbocycles. The maximum atomic E-state index is 10.5. The second kappa shape index (κ2) is 9.71. The van der Waals surface area contributed by atoms with Crippen molar-refractivity contribution in [1.29, 1.82) is 0 Å². The lowest BCUT2D eigenvalue weighted by Gasteiger charge is -2.44. The first-order valence-electron chi connectivity index (χ1n) is 12.2. The van der Waals surface area contributed by atoms with Gasteiger partial charge in [-0.2, -0.15) is 0 Å². The molecule has 7 atom stereocenters. The van der Waals surface area contributed by atoms with Crippen LogP contribution in [0.2, 0.25) is 0 Å². The van der Waals surface area contributed by atoms with Crippen molar-refractivity contribution in [1.82, 2.24) is 0 Å². The predicted molar refractivity (Wildman–Crippen MR) is 124 cm³/mol. The Balaban J connectivity index is 1.72. The molecule has 0 heterocycles. The van der Waals surface area contributed by atoms with Gasteiger partial charge in [0, 0.05) is 12.8 Å². The van der Waals surface area contributed by atoms with E-state index < -0.39 is 12.2 Å². The van der Waals surface area contributed by atoms with E-state index in [-0.39, 0.29) is 6.10 Å². The van der Waals surface area contributed by atoms with E-state index in [0.717, 1.165) is 24.0 Å². The Kier molecular flexibility index (Phi) is 7.69. The molecular weight excluding hydrogens is 372 g/mol. The molecular formula is C27H44O3. The summed E-state index contributed by atoms with van der Waals surface area (Å²) in [7, 11) is 0. The van der Waals surface area contributed by atoms with Crippen LogP contribution in [0.1, 0.15) is 85.5 Å². The second-order valence-corrected chi connectivity index (χ2v) is 11.2. The van der Waals surface area contributed by atoms with Crippen molar-refractivity contribution >= 4 is 0 Å². The van der Waals surface area contributed by atoms with Crippen LogP contribution in [0, 0.1) is 29.1 Å². The van der Waals surface area contributed by atoms with E-state index in [9.17, 15) is 15.3 Å². The average Bonchev–Trinajstić information content (AvgIpc) is 3.00. The summed E-state index contributed by atoms with van der Waals surface area (Å²) in [4.78, 5) is 0.